The molecule has 2 heterocycles. The second-order valence-electron chi connectivity index (χ2n) is 4.38. The second kappa shape index (κ2) is 5.47. The van der Waals surface area contributed by atoms with Gasteiger partial charge in [-0.1, -0.05) is 0 Å². The van der Waals surface area contributed by atoms with E-state index in [0.29, 0.717) is 6.54 Å². The van der Waals surface area contributed by atoms with Gasteiger partial charge in [0.15, 0.2) is 0 Å². The Kier molecular flexibility index (Phi) is 3.74. The van der Waals surface area contributed by atoms with Gasteiger partial charge in [0.2, 0.25) is 0 Å². The Hall–Kier alpha value is -2.44. The topological polar surface area (TPSA) is 92.7 Å². The fourth-order valence-corrected chi connectivity index (χ4v) is 1.71. The molecule has 0 aromatic carbocycles. The van der Waals surface area contributed by atoms with Crippen LogP contribution in [0.5, 0.6) is 0 Å². The lowest BCUT2D eigenvalue weighted by Crippen LogP contribution is -2.38. The third-order valence-corrected chi connectivity index (χ3v) is 2.60. The fraction of sp³-hybridized carbons (Fsp3) is 0.333. The molecule has 0 aliphatic heterocycles. The van der Waals surface area contributed by atoms with Crippen molar-refractivity contribution in [2.75, 3.05) is 0 Å². The molecule has 7 nitrogen and oxygen atoms in total. The van der Waals surface area contributed by atoms with Crippen molar-refractivity contribution >= 4 is 5.91 Å². The predicted molar refractivity (Wildman–Crippen MR) is 68.7 cm³/mol. The summed E-state index contributed by atoms with van der Waals surface area (Å²) in [6, 6.07) is 3.05. The van der Waals surface area contributed by atoms with E-state index in [1.54, 1.807) is 24.0 Å². The minimum Gasteiger partial charge on any atom is -0.348 e. The van der Waals surface area contributed by atoms with Crippen molar-refractivity contribution in [1.82, 2.24) is 25.1 Å². The Labute approximate surface area is 109 Å². The van der Waals surface area contributed by atoms with Crippen LogP contribution in [0.2, 0.25) is 0 Å². The number of carbonyl (C=O) groups excluding carboxylic acids is 1. The van der Waals surface area contributed by atoms with E-state index in [2.05, 4.69) is 20.4 Å². The number of nitrogens with zero attached hydrogens (tertiary/aromatic N) is 3. The van der Waals surface area contributed by atoms with Crippen LogP contribution >= 0.6 is 0 Å². The molecule has 19 heavy (non-hydrogen) atoms. The van der Waals surface area contributed by atoms with Gasteiger partial charge in [0.25, 0.3) is 11.5 Å². The average Bonchev–Trinajstić information content (AvgIpc) is 2.81. The number of hydrogen-bond donors (Lipinski definition) is 2. The van der Waals surface area contributed by atoms with E-state index in [9.17, 15) is 9.59 Å². The lowest BCUT2D eigenvalue weighted by Gasteiger charge is -2.13. The first-order valence-corrected chi connectivity index (χ1v) is 5.89. The third-order valence-electron chi connectivity index (χ3n) is 2.60. The van der Waals surface area contributed by atoms with Crippen LogP contribution in [-0.4, -0.2) is 31.7 Å². The molecule has 2 aromatic heterocycles. The summed E-state index contributed by atoms with van der Waals surface area (Å²) in [5.41, 5.74) is 0.443. The number of H-pyrrole nitrogens is 1. The molecule has 0 bridgehead atoms. The van der Waals surface area contributed by atoms with E-state index < -0.39 is 5.91 Å². The van der Waals surface area contributed by atoms with E-state index in [1.807, 2.05) is 6.92 Å². The number of pyridine rings is 1. The molecule has 0 aliphatic carbocycles. The van der Waals surface area contributed by atoms with E-state index in [0.717, 1.165) is 5.69 Å². The first-order chi connectivity index (χ1) is 9.06. The standard InChI is InChI=1S/C12H15N5O2/c1-8-3-4-10(11(18)15-8)12(19)16-9(2)5-17-7-13-6-14-17/h3-4,6-7,9H,5H2,1-2H3,(H,15,18)(H,16,19)/t9-/m1/s1. The van der Waals surface area contributed by atoms with Gasteiger partial charge in [-0.25, -0.2) is 4.98 Å². The maximum atomic E-state index is 11.9. The zero-order chi connectivity index (χ0) is 13.8. The highest BCUT2D eigenvalue weighted by molar-refractivity contribution is 5.93. The zero-order valence-corrected chi connectivity index (χ0v) is 10.8. The monoisotopic (exact) mass is 261 g/mol. The van der Waals surface area contributed by atoms with Gasteiger partial charge in [-0.3, -0.25) is 14.3 Å². The Balaban J connectivity index is 2.02. The van der Waals surface area contributed by atoms with Crippen molar-refractivity contribution in [1.29, 1.82) is 0 Å². The van der Waals surface area contributed by atoms with Gasteiger partial charge in [-0.2, -0.15) is 5.10 Å². The minimum absolute atomic E-state index is 0.107. The second-order valence-corrected chi connectivity index (χ2v) is 4.38. The van der Waals surface area contributed by atoms with Crippen LogP contribution in [0.15, 0.2) is 29.6 Å². The molecule has 0 saturated heterocycles. The quantitative estimate of drug-likeness (QED) is 0.816. The first kappa shape index (κ1) is 13.0. The molecule has 2 rings (SSSR count). The summed E-state index contributed by atoms with van der Waals surface area (Å²) in [6.45, 7) is 4.09. The number of aromatic amines is 1. The summed E-state index contributed by atoms with van der Waals surface area (Å²) in [7, 11) is 0. The molecule has 2 N–H and O–H groups in total. The number of carbonyl (C=O) groups is 1. The van der Waals surface area contributed by atoms with Crippen LogP contribution in [0.4, 0.5) is 0 Å². The molecule has 2 aromatic rings. The molecule has 0 radical (unpaired) electrons. The van der Waals surface area contributed by atoms with Gasteiger partial charge in [0.05, 0.1) is 6.54 Å². The number of amides is 1. The Morgan fingerprint density at radius 2 is 2.32 bits per heavy atom. The van der Waals surface area contributed by atoms with Gasteiger partial charge in [-0.15, -0.1) is 0 Å². The van der Waals surface area contributed by atoms with Crippen LogP contribution in [0.1, 0.15) is 23.0 Å². The molecule has 1 atom stereocenters. The zero-order valence-electron chi connectivity index (χ0n) is 10.8. The van der Waals surface area contributed by atoms with E-state index >= 15 is 0 Å². The largest absolute Gasteiger partial charge is 0.348 e. The molecule has 0 fully saturated rings. The molecule has 0 unspecified atom stereocenters. The Bertz CT molecular complexity index is 617. The minimum atomic E-state index is -0.395. The van der Waals surface area contributed by atoms with Crippen molar-refractivity contribution in [2.45, 2.75) is 26.4 Å². The summed E-state index contributed by atoms with van der Waals surface area (Å²) in [6.07, 6.45) is 3.00. The van der Waals surface area contributed by atoms with Gasteiger partial charge < -0.3 is 10.3 Å². The normalized spacial score (nSPS) is 12.1. The number of aromatic nitrogens is 4. The third kappa shape index (κ3) is 3.27. The molecule has 0 spiro atoms. The maximum Gasteiger partial charge on any atom is 0.260 e. The van der Waals surface area contributed by atoms with Crippen LogP contribution < -0.4 is 10.9 Å². The number of rotatable bonds is 4. The summed E-state index contributed by atoms with van der Waals surface area (Å²) in [5, 5.41) is 6.70. The van der Waals surface area contributed by atoms with E-state index in [1.165, 1.54) is 12.4 Å². The lowest BCUT2D eigenvalue weighted by atomic mass is 10.2. The van der Waals surface area contributed by atoms with Crippen molar-refractivity contribution in [3.05, 3.63) is 46.4 Å². The van der Waals surface area contributed by atoms with Gasteiger partial charge in [0, 0.05) is 11.7 Å². The summed E-state index contributed by atoms with van der Waals surface area (Å²) >= 11 is 0. The number of hydrogen-bond acceptors (Lipinski definition) is 4. The Morgan fingerprint density at radius 3 is 2.95 bits per heavy atom. The smallest absolute Gasteiger partial charge is 0.260 e. The van der Waals surface area contributed by atoms with Crippen LogP contribution in [0, 0.1) is 6.92 Å². The number of aryl methyl sites for hydroxylation is 1. The Morgan fingerprint density at radius 1 is 1.53 bits per heavy atom. The van der Waals surface area contributed by atoms with E-state index in [4.69, 9.17) is 0 Å². The van der Waals surface area contributed by atoms with Crippen LogP contribution in [-0.2, 0) is 6.54 Å². The molecular weight excluding hydrogens is 246 g/mol. The van der Waals surface area contributed by atoms with Crippen molar-refractivity contribution in [3.63, 3.8) is 0 Å². The van der Waals surface area contributed by atoms with Crippen molar-refractivity contribution in [2.24, 2.45) is 0 Å². The van der Waals surface area contributed by atoms with Gasteiger partial charge in [-0.05, 0) is 26.0 Å². The molecule has 0 aliphatic rings. The summed E-state index contributed by atoms with van der Waals surface area (Å²) in [5.74, 6) is -0.395. The molecule has 7 heteroatoms. The maximum absolute atomic E-state index is 11.9. The molecule has 100 valence electrons. The fourth-order valence-electron chi connectivity index (χ4n) is 1.71. The highest BCUT2D eigenvalue weighted by atomic mass is 16.2. The van der Waals surface area contributed by atoms with Crippen molar-refractivity contribution < 1.29 is 4.79 Å². The molecule has 0 saturated carbocycles. The van der Waals surface area contributed by atoms with Gasteiger partial charge in [0.1, 0.15) is 18.2 Å². The van der Waals surface area contributed by atoms with Gasteiger partial charge >= 0.3 is 0 Å². The van der Waals surface area contributed by atoms with Crippen LogP contribution in [0.3, 0.4) is 0 Å². The van der Waals surface area contributed by atoms with E-state index in [-0.39, 0.29) is 17.2 Å². The average molecular weight is 261 g/mol. The first-order valence-electron chi connectivity index (χ1n) is 5.89. The summed E-state index contributed by atoms with van der Waals surface area (Å²) < 4.78 is 1.62. The number of nitrogens with one attached hydrogen (secondary N) is 2. The SMILES string of the molecule is Cc1ccc(C(=O)N[C@H](C)Cn2cncn2)c(=O)[nH]1. The summed E-state index contributed by atoms with van der Waals surface area (Å²) in [4.78, 5) is 30.0. The highest BCUT2D eigenvalue weighted by Gasteiger charge is 2.13. The molecule has 1 amide bonds. The lowest BCUT2D eigenvalue weighted by molar-refractivity contribution is 0.0934. The van der Waals surface area contributed by atoms with Crippen LogP contribution in [0.25, 0.3) is 0 Å². The predicted octanol–water partition coefficient (Wildman–Crippen LogP) is 0.0933. The highest BCUT2D eigenvalue weighted by Crippen LogP contribution is 1.96. The van der Waals surface area contributed by atoms with Crippen molar-refractivity contribution in [3.8, 4) is 0 Å². The molecular formula is C12H15N5O2.